The second kappa shape index (κ2) is 8.89. The van der Waals surface area contributed by atoms with E-state index in [2.05, 4.69) is 15.4 Å². The Morgan fingerprint density at radius 2 is 1.97 bits per heavy atom. The van der Waals surface area contributed by atoms with Gasteiger partial charge in [-0.05, 0) is 31.2 Å². The molecule has 1 saturated heterocycles. The molecule has 0 saturated carbocycles. The topological polar surface area (TPSA) is 135 Å². The Morgan fingerprint density at radius 1 is 1.24 bits per heavy atom. The van der Waals surface area contributed by atoms with E-state index in [1.165, 1.54) is 10.8 Å². The third-order valence-electron chi connectivity index (χ3n) is 5.77. The van der Waals surface area contributed by atoms with Crippen LogP contribution in [0.5, 0.6) is 0 Å². The Morgan fingerprint density at radius 3 is 2.64 bits per heavy atom. The molecule has 3 heterocycles. The fraction of sp³-hybridized carbons (Fsp3) is 0.391. The van der Waals surface area contributed by atoms with Gasteiger partial charge in [-0.2, -0.15) is 5.10 Å². The molecule has 2 aromatic heterocycles. The number of rotatable bonds is 6. The van der Waals surface area contributed by atoms with Gasteiger partial charge in [-0.1, -0.05) is 32.0 Å². The maximum atomic E-state index is 12.6. The van der Waals surface area contributed by atoms with Gasteiger partial charge in [-0.15, -0.1) is 0 Å². The Labute approximate surface area is 190 Å². The number of carbonyl (C=O) groups is 2. The summed E-state index contributed by atoms with van der Waals surface area (Å²) in [6, 6.07) is 12.1. The molecule has 0 unspecified atom stereocenters. The molecule has 33 heavy (non-hydrogen) atoms. The monoisotopic (exact) mass is 454 g/mol. The lowest BCUT2D eigenvalue weighted by Gasteiger charge is -2.28. The highest BCUT2D eigenvalue weighted by Crippen LogP contribution is 2.41. The third kappa shape index (κ3) is 4.08. The molecule has 0 spiro atoms. The lowest BCUT2D eigenvalue weighted by Crippen LogP contribution is -2.42. The summed E-state index contributed by atoms with van der Waals surface area (Å²) in [6.07, 6.45) is -1.97. The number of nitrogens with one attached hydrogen (secondary N) is 1. The van der Waals surface area contributed by atoms with Gasteiger partial charge in [-0.3, -0.25) is 9.59 Å². The van der Waals surface area contributed by atoms with Crippen LogP contribution in [0.1, 0.15) is 36.8 Å². The standard InChI is InChI=1S/C23H26N4O6/c1-13(2)22(31)32-18-16(11-28)33-23(3,19(18)29)17-10-9-15-20(24-12-25-27(15)17)26-21(30)14-7-5-4-6-8-14/h4-10,12-13,16,18-19,28-29H,11H2,1-3H3,(H,24,25,26,30)/t16-,18-,19-,23+/m1/s1. The molecule has 3 aromatic rings. The van der Waals surface area contributed by atoms with Gasteiger partial charge in [-0.25, -0.2) is 9.50 Å². The van der Waals surface area contributed by atoms with E-state index in [1.807, 2.05) is 6.07 Å². The predicted molar refractivity (Wildman–Crippen MR) is 117 cm³/mol. The van der Waals surface area contributed by atoms with Crippen molar-refractivity contribution < 1.29 is 29.3 Å². The molecule has 0 bridgehead atoms. The van der Waals surface area contributed by atoms with E-state index in [4.69, 9.17) is 9.47 Å². The second-order valence-corrected chi connectivity index (χ2v) is 8.39. The van der Waals surface area contributed by atoms with Gasteiger partial charge >= 0.3 is 5.97 Å². The number of aliphatic hydroxyl groups is 2. The molecule has 174 valence electrons. The van der Waals surface area contributed by atoms with Crippen LogP contribution in [-0.4, -0.2) is 61.6 Å². The summed E-state index contributed by atoms with van der Waals surface area (Å²) in [4.78, 5) is 28.9. The van der Waals surface area contributed by atoms with Gasteiger partial charge in [0.05, 0.1) is 18.2 Å². The maximum absolute atomic E-state index is 12.6. The number of aliphatic hydroxyl groups excluding tert-OH is 2. The first-order valence-corrected chi connectivity index (χ1v) is 10.6. The Bertz CT molecular complexity index is 1160. The zero-order valence-corrected chi connectivity index (χ0v) is 18.5. The number of fused-ring (bicyclic) bond motifs is 1. The third-order valence-corrected chi connectivity index (χ3v) is 5.77. The van der Waals surface area contributed by atoms with Crippen LogP contribution in [-0.2, 0) is 19.9 Å². The molecular formula is C23H26N4O6. The average molecular weight is 454 g/mol. The Kier molecular flexibility index (Phi) is 6.15. The zero-order valence-electron chi connectivity index (χ0n) is 18.5. The fourth-order valence-electron chi connectivity index (χ4n) is 3.91. The van der Waals surface area contributed by atoms with Crippen molar-refractivity contribution in [3.63, 3.8) is 0 Å². The number of benzene rings is 1. The van der Waals surface area contributed by atoms with E-state index in [1.54, 1.807) is 57.2 Å². The van der Waals surface area contributed by atoms with Crippen molar-refractivity contribution in [3.8, 4) is 0 Å². The first-order chi connectivity index (χ1) is 15.8. The minimum atomic E-state index is -1.35. The van der Waals surface area contributed by atoms with E-state index >= 15 is 0 Å². The van der Waals surface area contributed by atoms with Crippen molar-refractivity contribution in [3.05, 3.63) is 60.0 Å². The van der Waals surface area contributed by atoms with Crippen LogP contribution in [0.4, 0.5) is 5.82 Å². The summed E-state index contributed by atoms with van der Waals surface area (Å²) in [6.45, 7) is 4.55. The molecule has 0 radical (unpaired) electrons. The molecule has 3 N–H and O–H groups in total. The number of amides is 1. The van der Waals surface area contributed by atoms with Crippen molar-refractivity contribution in [1.82, 2.24) is 14.6 Å². The number of esters is 1. The Balaban J connectivity index is 1.66. The van der Waals surface area contributed by atoms with Gasteiger partial charge in [0.25, 0.3) is 5.91 Å². The zero-order chi connectivity index (χ0) is 23.8. The predicted octanol–water partition coefficient (Wildman–Crippen LogP) is 1.52. The fourth-order valence-corrected chi connectivity index (χ4v) is 3.91. The van der Waals surface area contributed by atoms with Crippen LogP contribution < -0.4 is 5.32 Å². The normalized spacial score (nSPS) is 24.8. The van der Waals surface area contributed by atoms with Crippen molar-refractivity contribution in [2.24, 2.45) is 5.92 Å². The Hall–Kier alpha value is -3.34. The van der Waals surface area contributed by atoms with E-state index < -0.39 is 42.4 Å². The number of ether oxygens (including phenoxy) is 2. The largest absolute Gasteiger partial charge is 0.456 e. The summed E-state index contributed by atoms with van der Waals surface area (Å²) in [5.41, 5.74) is 0.0564. The molecule has 1 amide bonds. The highest BCUT2D eigenvalue weighted by molar-refractivity contribution is 6.05. The number of carbonyl (C=O) groups excluding carboxylic acids is 2. The highest BCUT2D eigenvalue weighted by atomic mass is 16.6. The summed E-state index contributed by atoms with van der Waals surface area (Å²) >= 11 is 0. The molecule has 10 heteroatoms. The molecule has 0 aliphatic carbocycles. The van der Waals surface area contributed by atoms with Gasteiger partial charge < -0.3 is 25.0 Å². The van der Waals surface area contributed by atoms with E-state index in [0.29, 0.717) is 16.8 Å². The van der Waals surface area contributed by atoms with Crippen LogP contribution in [0.15, 0.2) is 48.8 Å². The number of anilines is 1. The first-order valence-electron chi connectivity index (χ1n) is 10.6. The minimum absolute atomic E-state index is 0.280. The number of hydrogen-bond acceptors (Lipinski definition) is 8. The van der Waals surface area contributed by atoms with Crippen LogP contribution >= 0.6 is 0 Å². The maximum Gasteiger partial charge on any atom is 0.308 e. The van der Waals surface area contributed by atoms with Crippen LogP contribution in [0.3, 0.4) is 0 Å². The molecule has 4 atom stereocenters. The molecule has 1 aliphatic heterocycles. The molecular weight excluding hydrogens is 428 g/mol. The van der Waals surface area contributed by atoms with Crippen LogP contribution in [0.2, 0.25) is 0 Å². The van der Waals surface area contributed by atoms with E-state index in [0.717, 1.165) is 0 Å². The van der Waals surface area contributed by atoms with Gasteiger partial charge in [0.2, 0.25) is 0 Å². The number of aromatic nitrogens is 3. The summed E-state index contributed by atoms with van der Waals surface area (Å²) < 4.78 is 12.9. The van der Waals surface area contributed by atoms with Crippen LogP contribution in [0, 0.1) is 5.92 Å². The average Bonchev–Trinajstić information content (AvgIpc) is 3.36. The molecule has 4 rings (SSSR count). The van der Waals surface area contributed by atoms with Crippen molar-refractivity contribution >= 4 is 23.2 Å². The minimum Gasteiger partial charge on any atom is -0.456 e. The second-order valence-electron chi connectivity index (χ2n) is 8.39. The van der Waals surface area contributed by atoms with Crippen molar-refractivity contribution in [1.29, 1.82) is 0 Å². The lowest BCUT2D eigenvalue weighted by atomic mass is 9.93. The van der Waals surface area contributed by atoms with E-state index in [-0.39, 0.29) is 11.7 Å². The first kappa shape index (κ1) is 22.8. The molecule has 10 nitrogen and oxygen atoms in total. The SMILES string of the molecule is CC(C)C(=O)O[C@H]1[C@@H](O)[C@](C)(c2ccc3c(NC(=O)c4ccccc4)ncnn23)O[C@@H]1CO. The van der Waals surface area contributed by atoms with E-state index in [9.17, 15) is 19.8 Å². The quantitative estimate of drug-likeness (QED) is 0.477. The van der Waals surface area contributed by atoms with Crippen molar-refractivity contribution in [2.45, 2.75) is 44.7 Å². The van der Waals surface area contributed by atoms with Crippen molar-refractivity contribution in [2.75, 3.05) is 11.9 Å². The number of nitrogens with zero attached hydrogens (tertiary/aromatic N) is 3. The number of hydrogen-bond donors (Lipinski definition) is 3. The van der Waals surface area contributed by atoms with Gasteiger partial charge in [0.1, 0.15) is 29.7 Å². The highest BCUT2D eigenvalue weighted by Gasteiger charge is 2.55. The smallest absolute Gasteiger partial charge is 0.308 e. The lowest BCUT2D eigenvalue weighted by molar-refractivity contribution is -0.160. The summed E-state index contributed by atoms with van der Waals surface area (Å²) in [5.74, 6) is -0.953. The summed E-state index contributed by atoms with van der Waals surface area (Å²) in [7, 11) is 0. The van der Waals surface area contributed by atoms with Gasteiger partial charge in [0, 0.05) is 5.56 Å². The molecule has 1 aliphatic rings. The van der Waals surface area contributed by atoms with Crippen LogP contribution in [0.25, 0.3) is 5.52 Å². The summed E-state index contributed by atoms with van der Waals surface area (Å²) in [5, 5.41) is 27.9. The molecule has 1 aromatic carbocycles. The molecule has 1 fully saturated rings. The van der Waals surface area contributed by atoms with Gasteiger partial charge in [0.15, 0.2) is 11.9 Å².